The van der Waals surface area contributed by atoms with Crippen molar-refractivity contribution in [2.24, 2.45) is 0 Å². The molecule has 2 saturated heterocycles. The highest BCUT2D eigenvalue weighted by Gasteiger charge is 2.33. The molecule has 0 bridgehead atoms. The van der Waals surface area contributed by atoms with E-state index in [-0.39, 0.29) is 29.0 Å². The van der Waals surface area contributed by atoms with Crippen LogP contribution in [0.3, 0.4) is 0 Å². The third kappa shape index (κ3) is 4.75. The van der Waals surface area contributed by atoms with Gasteiger partial charge in [0.1, 0.15) is 17.7 Å². The molecule has 10 heteroatoms. The summed E-state index contributed by atoms with van der Waals surface area (Å²) in [6, 6.07) is 1.91. The Balaban J connectivity index is 1.81. The van der Waals surface area contributed by atoms with Gasteiger partial charge in [-0.25, -0.2) is 13.6 Å². The number of allylic oxidation sites excluding steroid dienone is 1. The molecule has 1 amide bonds. The maximum absolute atomic E-state index is 14.5. The molecule has 2 atom stereocenters. The van der Waals surface area contributed by atoms with Gasteiger partial charge in [0.15, 0.2) is 0 Å². The molecule has 0 radical (unpaired) electrons. The van der Waals surface area contributed by atoms with E-state index in [9.17, 15) is 18.4 Å². The van der Waals surface area contributed by atoms with Crippen LogP contribution in [-0.2, 0) is 14.3 Å². The number of nitrogens with zero attached hydrogens (tertiary/aromatic N) is 1. The van der Waals surface area contributed by atoms with Gasteiger partial charge in [0.05, 0.1) is 23.0 Å². The van der Waals surface area contributed by atoms with Gasteiger partial charge in [0.2, 0.25) is 5.91 Å². The van der Waals surface area contributed by atoms with E-state index in [1.54, 1.807) is 7.05 Å². The summed E-state index contributed by atoms with van der Waals surface area (Å²) >= 11 is 7.98. The SMILES string of the molecule is CN1CC(c2c(F)ccc(Br)c2F)C/C1=C(\CC(=O)NC1CCOC1=O)NC=S. The average Bonchev–Trinajstić information content (AvgIpc) is 3.24. The Labute approximate surface area is 180 Å². The first-order valence-corrected chi connectivity index (χ1v) is 10.3. The highest BCUT2D eigenvalue weighted by atomic mass is 79.9. The Morgan fingerprint density at radius 3 is 2.86 bits per heavy atom. The molecule has 2 aliphatic rings. The van der Waals surface area contributed by atoms with Crippen molar-refractivity contribution in [2.75, 3.05) is 20.2 Å². The van der Waals surface area contributed by atoms with Crippen LogP contribution < -0.4 is 10.6 Å². The molecule has 29 heavy (non-hydrogen) atoms. The third-order valence-corrected chi connectivity index (χ3v) is 5.80. The van der Waals surface area contributed by atoms with E-state index in [0.717, 1.165) is 5.70 Å². The monoisotopic (exact) mass is 487 g/mol. The topological polar surface area (TPSA) is 70.7 Å². The maximum Gasteiger partial charge on any atom is 0.328 e. The summed E-state index contributed by atoms with van der Waals surface area (Å²) in [6.45, 7) is 0.670. The van der Waals surface area contributed by atoms with Crippen molar-refractivity contribution in [3.63, 3.8) is 0 Å². The van der Waals surface area contributed by atoms with Crippen molar-refractivity contribution in [3.8, 4) is 0 Å². The number of ether oxygens (including phenoxy) is 1. The molecular formula is C19H20BrF2N3O3S. The van der Waals surface area contributed by atoms with Crippen molar-refractivity contribution in [3.05, 3.63) is 45.2 Å². The van der Waals surface area contributed by atoms with E-state index in [4.69, 9.17) is 17.0 Å². The lowest BCUT2D eigenvalue weighted by atomic mass is 9.96. The quantitative estimate of drug-likeness (QED) is 0.365. The zero-order valence-corrected chi connectivity index (χ0v) is 18.0. The van der Waals surface area contributed by atoms with Gasteiger partial charge >= 0.3 is 5.97 Å². The fourth-order valence-corrected chi connectivity index (χ4v) is 4.19. The number of hydrogen-bond donors (Lipinski definition) is 2. The van der Waals surface area contributed by atoms with E-state index >= 15 is 0 Å². The summed E-state index contributed by atoms with van der Waals surface area (Å²) in [5.74, 6) is -2.45. The van der Waals surface area contributed by atoms with Crippen LogP contribution in [-0.4, -0.2) is 48.5 Å². The summed E-state index contributed by atoms with van der Waals surface area (Å²) in [5.41, 5.74) is 2.56. The number of halogens is 3. The molecule has 156 valence electrons. The normalized spacial score (nSPS) is 23.0. The molecule has 3 rings (SSSR count). The van der Waals surface area contributed by atoms with Gasteiger partial charge in [-0.3, -0.25) is 4.79 Å². The predicted molar refractivity (Wildman–Crippen MR) is 110 cm³/mol. The molecule has 2 fully saturated rings. The van der Waals surface area contributed by atoms with E-state index < -0.39 is 29.6 Å². The van der Waals surface area contributed by atoms with Crippen LogP contribution in [0.5, 0.6) is 0 Å². The number of benzene rings is 1. The highest BCUT2D eigenvalue weighted by Crippen LogP contribution is 2.38. The van der Waals surface area contributed by atoms with Crippen LogP contribution >= 0.6 is 28.1 Å². The lowest BCUT2D eigenvalue weighted by Crippen LogP contribution is -2.39. The molecular weight excluding hydrogens is 468 g/mol. The predicted octanol–water partition coefficient (Wildman–Crippen LogP) is 2.73. The number of rotatable bonds is 6. The molecule has 2 N–H and O–H groups in total. The Morgan fingerprint density at radius 1 is 1.45 bits per heavy atom. The molecule has 2 unspecified atom stereocenters. The number of nitrogens with one attached hydrogen (secondary N) is 2. The van der Waals surface area contributed by atoms with Crippen LogP contribution in [0, 0.1) is 11.6 Å². The summed E-state index contributed by atoms with van der Waals surface area (Å²) in [5, 5.41) is 5.53. The molecule has 2 heterocycles. The van der Waals surface area contributed by atoms with Gasteiger partial charge in [-0.15, -0.1) is 0 Å². The Hall–Kier alpha value is -2.07. The van der Waals surface area contributed by atoms with Crippen LogP contribution in [0.4, 0.5) is 8.78 Å². The smallest absolute Gasteiger partial charge is 0.328 e. The lowest BCUT2D eigenvalue weighted by molar-refractivity contribution is -0.141. The molecule has 1 aromatic rings. The van der Waals surface area contributed by atoms with Gasteiger partial charge in [-0.2, -0.15) is 0 Å². The lowest BCUT2D eigenvalue weighted by Gasteiger charge is -2.18. The zero-order valence-electron chi connectivity index (χ0n) is 15.6. The maximum atomic E-state index is 14.5. The highest BCUT2D eigenvalue weighted by molar-refractivity contribution is 9.10. The fourth-order valence-electron chi connectivity index (χ4n) is 3.70. The Kier molecular flexibility index (Phi) is 6.84. The average molecular weight is 488 g/mol. The number of carbonyl (C=O) groups excluding carboxylic acids is 2. The third-order valence-electron chi connectivity index (χ3n) is 5.07. The minimum Gasteiger partial charge on any atom is -0.464 e. The van der Waals surface area contributed by atoms with Crippen molar-refractivity contribution >= 4 is 45.5 Å². The molecule has 0 saturated carbocycles. The van der Waals surface area contributed by atoms with Gasteiger partial charge in [0, 0.05) is 42.9 Å². The molecule has 1 aromatic carbocycles. The number of hydrogen-bond acceptors (Lipinski definition) is 5. The standard InChI is InChI=1S/C19H20BrF2N3O3S/c1-25-8-10(17-12(21)3-2-11(20)18(17)22)6-15(25)14(23-9-29)7-16(26)24-13-4-5-28-19(13)27/h2-3,9-10,13H,4-8H2,1H3,(H,23,29)(H,24,26)/b15-14-. The van der Waals surface area contributed by atoms with Gasteiger partial charge in [-0.05, 0) is 34.5 Å². The first-order valence-electron chi connectivity index (χ1n) is 9.04. The first-order chi connectivity index (χ1) is 13.8. The number of likely N-dealkylation sites (tertiary alicyclic amines) is 1. The van der Waals surface area contributed by atoms with Crippen LogP contribution in [0.25, 0.3) is 0 Å². The molecule has 0 spiro atoms. The van der Waals surface area contributed by atoms with Gasteiger partial charge < -0.3 is 20.3 Å². The second-order valence-corrected chi connectivity index (χ2v) is 8.07. The summed E-state index contributed by atoms with van der Waals surface area (Å²) < 4.78 is 33.9. The molecule has 6 nitrogen and oxygen atoms in total. The Morgan fingerprint density at radius 2 is 2.21 bits per heavy atom. The van der Waals surface area contributed by atoms with Crippen LogP contribution in [0.1, 0.15) is 30.7 Å². The molecule has 0 aromatic heterocycles. The van der Waals surface area contributed by atoms with Crippen molar-refractivity contribution in [1.82, 2.24) is 15.5 Å². The first kappa shape index (κ1) is 21.6. The summed E-state index contributed by atoms with van der Waals surface area (Å²) in [7, 11) is 1.79. The number of esters is 1. The van der Waals surface area contributed by atoms with Crippen molar-refractivity contribution < 1.29 is 23.1 Å². The summed E-state index contributed by atoms with van der Waals surface area (Å²) in [4.78, 5) is 25.8. The Bertz CT molecular complexity index is 881. The number of carbonyl (C=O) groups is 2. The van der Waals surface area contributed by atoms with E-state index in [1.165, 1.54) is 17.6 Å². The molecule has 0 aliphatic carbocycles. The number of cyclic esters (lactones) is 1. The van der Waals surface area contributed by atoms with Gasteiger partial charge in [0.25, 0.3) is 0 Å². The van der Waals surface area contributed by atoms with Crippen molar-refractivity contribution in [1.29, 1.82) is 0 Å². The van der Waals surface area contributed by atoms with Crippen molar-refractivity contribution in [2.45, 2.75) is 31.2 Å². The van der Waals surface area contributed by atoms with E-state index in [2.05, 4.69) is 26.6 Å². The number of likely N-dealkylation sites (N-methyl/N-ethyl adjacent to an activating group) is 1. The minimum absolute atomic E-state index is 0.0149. The number of amides is 1. The second kappa shape index (κ2) is 9.17. The van der Waals surface area contributed by atoms with E-state index in [1.807, 2.05) is 4.90 Å². The number of thiocarbonyl (C=S) groups is 1. The largest absolute Gasteiger partial charge is 0.464 e. The molecule has 2 aliphatic heterocycles. The minimum atomic E-state index is -0.653. The van der Waals surface area contributed by atoms with E-state index in [0.29, 0.717) is 25.1 Å². The summed E-state index contributed by atoms with van der Waals surface area (Å²) in [6.07, 6.45) is 0.721. The van der Waals surface area contributed by atoms with Crippen LogP contribution in [0.15, 0.2) is 28.0 Å². The zero-order chi connectivity index (χ0) is 21.1. The fraction of sp³-hybridized carbons (Fsp3) is 0.421. The van der Waals surface area contributed by atoms with Gasteiger partial charge in [-0.1, -0.05) is 12.2 Å². The van der Waals surface area contributed by atoms with Crippen LogP contribution in [0.2, 0.25) is 0 Å². The second-order valence-electron chi connectivity index (χ2n) is 6.98.